The molecule has 0 aliphatic rings. The molecule has 0 saturated carbocycles. The molecule has 0 spiro atoms. The number of nitro benzene ring substituents is 1. The second kappa shape index (κ2) is 9.28. The van der Waals surface area contributed by atoms with E-state index in [1.807, 2.05) is 29.6 Å². The van der Waals surface area contributed by atoms with Crippen LogP contribution >= 0.6 is 23.1 Å². The molecule has 0 bridgehead atoms. The summed E-state index contributed by atoms with van der Waals surface area (Å²) in [5, 5.41) is 24.8. The van der Waals surface area contributed by atoms with E-state index in [9.17, 15) is 14.9 Å². The Balaban J connectivity index is 1.52. The van der Waals surface area contributed by atoms with Gasteiger partial charge in [-0.15, -0.1) is 21.5 Å². The molecule has 9 nitrogen and oxygen atoms in total. The number of nitro groups is 1. The zero-order valence-corrected chi connectivity index (χ0v) is 18.8. The van der Waals surface area contributed by atoms with Crippen LogP contribution in [0.1, 0.15) is 22.8 Å². The number of nitrogens with one attached hydrogen (secondary N) is 1. The summed E-state index contributed by atoms with van der Waals surface area (Å²) < 4.78 is 1.66. The average molecular weight is 467 g/mol. The Morgan fingerprint density at radius 3 is 2.69 bits per heavy atom. The summed E-state index contributed by atoms with van der Waals surface area (Å²) in [6.07, 6.45) is 2.47. The third-order valence-electron chi connectivity index (χ3n) is 4.67. The molecule has 0 atom stereocenters. The van der Waals surface area contributed by atoms with Crippen molar-refractivity contribution in [3.63, 3.8) is 0 Å². The fourth-order valence-corrected chi connectivity index (χ4v) is 4.46. The number of amides is 1. The molecular formula is C21H18N6O3S2. The van der Waals surface area contributed by atoms with E-state index >= 15 is 0 Å². The summed E-state index contributed by atoms with van der Waals surface area (Å²) >= 11 is 2.41. The lowest BCUT2D eigenvalue weighted by atomic mass is 10.1. The van der Waals surface area contributed by atoms with Crippen molar-refractivity contribution in [3.05, 3.63) is 75.4 Å². The molecule has 0 aliphatic heterocycles. The number of hydrogen-bond acceptors (Lipinski definition) is 8. The van der Waals surface area contributed by atoms with Crippen LogP contribution in [0.15, 0.2) is 64.2 Å². The van der Waals surface area contributed by atoms with Crippen LogP contribution in [-0.2, 0) is 13.5 Å². The van der Waals surface area contributed by atoms with E-state index in [0.29, 0.717) is 15.2 Å². The van der Waals surface area contributed by atoms with Crippen molar-refractivity contribution < 1.29 is 9.72 Å². The number of aromatic nitrogens is 4. The van der Waals surface area contributed by atoms with Crippen LogP contribution in [0.3, 0.4) is 0 Å². The molecule has 2 aromatic heterocycles. The Labute approximate surface area is 191 Å². The maximum atomic E-state index is 12.7. The summed E-state index contributed by atoms with van der Waals surface area (Å²) in [4.78, 5) is 28.6. The first-order valence-electron chi connectivity index (χ1n) is 9.61. The Morgan fingerprint density at radius 1 is 1.25 bits per heavy atom. The fraction of sp³-hybridized carbons (Fsp3) is 0.143. The molecular weight excluding hydrogens is 448 g/mol. The van der Waals surface area contributed by atoms with Crippen LogP contribution in [0, 0.1) is 10.1 Å². The molecule has 162 valence electrons. The lowest BCUT2D eigenvalue weighted by Gasteiger charge is -2.06. The SMILES string of the molecule is CCc1ccc(-c2csc(NC(=O)c3ccc(Sc4nncn4C)c([N+](=O)[O-])c3)n2)cc1. The second-order valence-corrected chi connectivity index (χ2v) is 8.68. The van der Waals surface area contributed by atoms with E-state index in [-0.39, 0.29) is 11.3 Å². The first kappa shape index (κ1) is 21.7. The molecule has 0 saturated heterocycles. The number of benzene rings is 2. The molecule has 4 aromatic rings. The van der Waals surface area contributed by atoms with Crippen LogP contribution in [0.2, 0.25) is 0 Å². The van der Waals surface area contributed by atoms with Gasteiger partial charge in [0.2, 0.25) is 0 Å². The molecule has 11 heteroatoms. The Kier molecular flexibility index (Phi) is 6.28. The van der Waals surface area contributed by atoms with Gasteiger partial charge >= 0.3 is 0 Å². The van der Waals surface area contributed by atoms with Crippen LogP contribution in [0.5, 0.6) is 0 Å². The van der Waals surface area contributed by atoms with Gasteiger partial charge in [-0.3, -0.25) is 20.2 Å². The monoisotopic (exact) mass is 466 g/mol. The van der Waals surface area contributed by atoms with Gasteiger partial charge in [-0.05, 0) is 35.9 Å². The molecule has 0 radical (unpaired) electrons. The Morgan fingerprint density at radius 2 is 2.03 bits per heavy atom. The number of nitrogens with zero attached hydrogens (tertiary/aromatic N) is 5. The van der Waals surface area contributed by atoms with Gasteiger partial charge in [-0.1, -0.05) is 31.2 Å². The number of carbonyl (C=O) groups is 1. The minimum Gasteiger partial charge on any atom is -0.311 e. The first-order valence-corrected chi connectivity index (χ1v) is 11.3. The van der Waals surface area contributed by atoms with Gasteiger partial charge in [-0.2, -0.15) is 0 Å². The van der Waals surface area contributed by atoms with E-state index in [1.54, 1.807) is 17.7 Å². The van der Waals surface area contributed by atoms with Gasteiger partial charge < -0.3 is 4.57 Å². The maximum Gasteiger partial charge on any atom is 0.284 e. The zero-order chi connectivity index (χ0) is 22.7. The minimum absolute atomic E-state index is 0.170. The highest BCUT2D eigenvalue weighted by atomic mass is 32.2. The van der Waals surface area contributed by atoms with Gasteiger partial charge in [0.05, 0.1) is 15.5 Å². The summed E-state index contributed by atoms with van der Waals surface area (Å²) in [5.74, 6) is -0.467. The Hall–Kier alpha value is -3.57. The summed E-state index contributed by atoms with van der Waals surface area (Å²) in [7, 11) is 1.75. The zero-order valence-electron chi connectivity index (χ0n) is 17.2. The molecule has 0 unspecified atom stereocenters. The van der Waals surface area contributed by atoms with Crippen molar-refractivity contribution in [2.45, 2.75) is 23.4 Å². The van der Waals surface area contributed by atoms with Crippen LogP contribution in [-0.4, -0.2) is 30.6 Å². The summed E-state index contributed by atoms with van der Waals surface area (Å²) in [6.45, 7) is 2.09. The Bertz CT molecular complexity index is 1280. The second-order valence-electron chi connectivity index (χ2n) is 6.81. The molecule has 2 aromatic carbocycles. The standard InChI is InChI=1S/C21H18N6O3S2/c1-3-13-4-6-14(7-5-13)16-11-31-20(23-16)24-19(28)15-8-9-18(17(10-15)27(29)30)32-21-25-22-12-26(21)2/h4-12H,3H2,1-2H3,(H,23,24,28). The van der Waals surface area contributed by atoms with Gasteiger partial charge in [0, 0.05) is 29.6 Å². The normalized spacial score (nSPS) is 10.8. The van der Waals surface area contributed by atoms with E-state index in [0.717, 1.165) is 29.4 Å². The predicted molar refractivity (Wildman–Crippen MR) is 123 cm³/mol. The summed E-state index contributed by atoms with van der Waals surface area (Å²) in [5.41, 5.74) is 2.94. The molecule has 0 aliphatic carbocycles. The van der Waals surface area contributed by atoms with Crippen molar-refractivity contribution in [3.8, 4) is 11.3 Å². The third-order valence-corrected chi connectivity index (χ3v) is 6.55. The van der Waals surface area contributed by atoms with Crippen molar-refractivity contribution in [2.75, 3.05) is 5.32 Å². The van der Waals surface area contributed by atoms with Gasteiger partial charge in [0.15, 0.2) is 10.3 Å². The quantitative estimate of drug-likeness (QED) is 0.307. The number of thiazole rings is 1. The third kappa shape index (κ3) is 4.68. The predicted octanol–water partition coefficient (Wildman–Crippen LogP) is 4.81. The summed E-state index contributed by atoms with van der Waals surface area (Å²) in [6, 6.07) is 12.4. The maximum absolute atomic E-state index is 12.7. The number of aryl methyl sites for hydroxylation is 2. The average Bonchev–Trinajstić information content (AvgIpc) is 3.43. The van der Waals surface area contributed by atoms with Crippen LogP contribution in [0.4, 0.5) is 10.8 Å². The molecule has 32 heavy (non-hydrogen) atoms. The van der Waals surface area contributed by atoms with Crippen molar-refractivity contribution in [1.29, 1.82) is 0 Å². The lowest BCUT2D eigenvalue weighted by molar-refractivity contribution is -0.387. The minimum atomic E-state index is -0.517. The fourth-order valence-electron chi connectivity index (χ4n) is 2.90. The van der Waals surface area contributed by atoms with E-state index in [2.05, 4.69) is 27.4 Å². The van der Waals surface area contributed by atoms with Crippen molar-refractivity contribution >= 4 is 39.8 Å². The van der Waals surface area contributed by atoms with E-state index < -0.39 is 10.8 Å². The van der Waals surface area contributed by atoms with Crippen LogP contribution in [0.25, 0.3) is 11.3 Å². The van der Waals surface area contributed by atoms with Gasteiger partial charge in [-0.25, -0.2) is 4.98 Å². The number of carbonyl (C=O) groups excluding carboxylic acids is 1. The number of anilines is 1. The smallest absolute Gasteiger partial charge is 0.284 e. The molecule has 1 N–H and O–H groups in total. The molecule has 0 fully saturated rings. The molecule has 1 amide bonds. The van der Waals surface area contributed by atoms with E-state index in [4.69, 9.17) is 0 Å². The number of hydrogen-bond donors (Lipinski definition) is 1. The van der Waals surface area contributed by atoms with Crippen molar-refractivity contribution in [2.24, 2.45) is 7.05 Å². The molecule has 4 rings (SSSR count). The van der Waals surface area contributed by atoms with Crippen LogP contribution < -0.4 is 5.32 Å². The van der Waals surface area contributed by atoms with E-state index in [1.165, 1.54) is 35.4 Å². The van der Waals surface area contributed by atoms with Crippen molar-refractivity contribution in [1.82, 2.24) is 19.7 Å². The first-order chi connectivity index (χ1) is 15.4. The topological polar surface area (TPSA) is 116 Å². The largest absolute Gasteiger partial charge is 0.311 e. The van der Waals surface area contributed by atoms with Gasteiger partial charge in [0.25, 0.3) is 11.6 Å². The lowest BCUT2D eigenvalue weighted by Crippen LogP contribution is -2.12. The van der Waals surface area contributed by atoms with Gasteiger partial charge in [0.1, 0.15) is 6.33 Å². The highest BCUT2D eigenvalue weighted by Gasteiger charge is 2.20. The highest BCUT2D eigenvalue weighted by Crippen LogP contribution is 2.34. The number of rotatable bonds is 7. The molecule has 2 heterocycles. The highest BCUT2D eigenvalue weighted by molar-refractivity contribution is 7.99.